The molecule has 0 unspecified atom stereocenters. The second-order valence-electron chi connectivity index (χ2n) is 4.34. The standard InChI is InChI=1S/C12H15N3/c1-2-6-10(7-3-1)12-11-8-4-5-9-15(11)14-13-12/h4-5,8-10H,1-3,6-7H2. The highest BCUT2D eigenvalue weighted by atomic mass is 15.4. The van der Waals surface area contributed by atoms with Crippen molar-refractivity contribution < 1.29 is 0 Å². The van der Waals surface area contributed by atoms with E-state index in [4.69, 9.17) is 0 Å². The van der Waals surface area contributed by atoms with E-state index >= 15 is 0 Å². The van der Waals surface area contributed by atoms with Crippen LogP contribution in [0.25, 0.3) is 5.52 Å². The first kappa shape index (κ1) is 8.89. The molecule has 1 aliphatic carbocycles. The second kappa shape index (κ2) is 3.65. The van der Waals surface area contributed by atoms with Gasteiger partial charge in [0.15, 0.2) is 0 Å². The maximum atomic E-state index is 4.33. The van der Waals surface area contributed by atoms with Gasteiger partial charge in [0.25, 0.3) is 0 Å². The molecule has 15 heavy (non-hydrogen) atoms. The van der Waals surface area contributed by atoms with E-state index in [1.165, 1.54) is 43.3 Å². The predicted octanol–water partition coefficient (Wildman–Crippen LogP) is 2.78. The molecule has 1 fully saturated rings. The molecule has 0 amide bonds. The van der Waals surface area contributed by atoms with E-state index in [0.717, 1.165) is 0 Å². The number of rotatable bonds is 1. The zero-order valence-corrected chi connectivity index (χ0v) is 8.76. The summed E-state index contributed by atoms with van der Waals surface area (Å²) in [5.74, 6) is 0.638. The molecule has 2 aromatic heterocycles. The number of aromatic nitrogens is 3. The molecule has 2 aromatic rings. The lowest BCUT2D eigenvalue weighted by Crippen LogP contribution is -2.05. The molecule has 3 heteroatoms. The highest BCUT2D eigenvalue weighted by molar-refractivity contribution is 5.51. The van der Waals surface area contributed by atoms with Gasteiger partial charge in [0.2, 0.25) is 0 Å². The van der Waals surface area contributed by atoms with Crippen molar-refractivity contribution >= 4 is 5.52 Å². The van der Waals surface area contributed by atoms with E-state index in [2.05, 4.69) is 22.4 Å². The molecule has 0 atom stereocenters. The van der Waals surface area contributed by atoms with E-state index in [1.807, 2.05) is 16.8 Å². The first-order chi connectivity index (χ1) is 7.45. The van der Waals surface area contributed by atoms with Crippen LogP contribution >= 0.6 is 0 Å². The first-order valence-corrected chi connectivity index (χ1v) is 5.75. The van der Waals surface area contributed by atoms with Crippen molar-refractivity contribution in [2.75, 3.05) is 0 Å². The third kappa shape index (κ3) is 1.52. The lowest BCUT2D eigenvalue weighted by molar-refractivity contribution is 0.438. The summed E-state index contributed by atoms with van der Waals surface area (Å²) in [4.78, 5) is 0. The molecule has 0 aliphatic heterocycles. The smallest absolute Gasteiger partial charge is 0.0936 e. The van der Waals surface area contributed by atoms with Gasteiger partial charge in [0, 0.05) is 12.1 Å². The zero-order chi connectivity index (χ0) is 10.1. The number of pyridine rings is 1. The molecule has 78 valence electrons. The lowest BCUT2D eigenvalue weighted by Gasteiger charge is -2.19. The summed E-state index contributed by atoms with van der Waals surface area (Å²) < 4.78 is 1.88. The fourth-order valence-corrected chi connectivity index (χ4v) is 2.53. The van der Waals surface area contributed by atoms with Crippen LogP contribution in [-0.4, -0.2) is 14.8 Å². The molecule has 0 spiro atoms. The highest BCUT2D eigenvalue weighted by Gasteiger charge is 2.20. The van der Waals surface area contributed by atoms with Gasteiger partial charge >= 0.3 is 0 Å². The minimum Gasteiger partial charge on any atom is -0.220 e. The van der Waals surface area contributed by atoms with Gasteiger partial charge in [0.05, 0.1) is 11.2 Å². The maximum absolute atomic E-state index is 4.33. The Bertz CT molecular complexity index is 455. The molecule has 2 heterocycles. The fraction of sp³-hybridized carbons (Fsp3) is 0.500. The van der Waals surface area contributed by atoms with Gasteiger partial charge in [-0.25, -0.2) is 4.52 Å². The quantitative estimate of drug-likeness (QED) is 0.710. The largest absolute Gasteiger partial charge is 0.220 e. The Kier molecular flexibility index (Phi) is 2.16. The van der Waals surface area contributed by atoms with Crippen LogP contribution < -0.4 is 0 Å². The average Bonchev–Trinajstić information content (AvgIpc) is 2.74. The van der Waals surface area contributed by atoms with Gasteiger partial charge in [-0.2, -0.15) is 0 Å². The molecule has 1 saturated carbocycles. The van der Waals surface area contributed by atoms with E-state index in [1.54, 1.807) is 0 Å². The summed E-state index contributed by atoms with van der Waals surface area (Å²) in [7, 11) is 0. The third-order valence-corrected chi connectivity index (χ3v) is 3.34. The van der Waals surface area contributed by atoms with Crippen LogP contribution in [0.1, 0.15) is 43.7 Å². The summed E-state index contributed by atoms with van der Waals surface area (Å²) in [5.41, 5.74) is 2.39. The predicted molar refractivity (Wildman–Crippen MR) is 58.8 cm³/mol. The zero-order valence-electron chi connectivity index (χ0n) is 8.76. The van der Waals surface area contributed by atoms with Crippen molar-refractivity contribution in [1.29, 1.82) is 0 Å². The third-order valence-electron chi connectivity index (χ3n) is 3.34. The molecule has 0 saturated heterocycles. The van der Waals surface area contributed by atoms with Crippen molar-refractivity contribution in [2.24, 2.45) is 0 Å². The summed E-state index contributed by atoms with van der Waals surface area (Å²) in [6.07, 6.45) is 8.60. The minimum atomic E-state index is 0.638. The van der Waals surface area contributed by atoms with Gasteiger partial charge in [-0.1, -0.05) is 30.5 Å². The Hall–Kier alpha value is -1.38. The van der Waals surface area contributed by atoms with Gasteiger partial charge in [-0.15, -0.1) is 5.10 Å². The summed E-state index contributed by atoms with van der Waals surface area (Å²) in [5, 5.41) is 8.49. The summed E-state index contributed by atoms with van der Waals surface area (Å²) in [6.45, 7) is 0. The number of fused-ring (bicyclic) bond motifs is 1. The SMILES string of the molecule is c1ccn2nnc(C3CCCCC3)c2c1. The van der Waals surface area contributed by atoms with Crippen molar-refractivity contribution in [2.45, 2.75) is 38.0 Å². The van der Waals surface area contributed by atoms with E-state index < -0.39 is 0 Å². The van der Waals surface area contributed by atoms with Crippen molar-refractivity contribution in [3.05, 3.63) is 30.1 Å². The number of hydrogen-bond acceptors (Lipinski definition) is 2. The Balaban J connectivity index is 2.02. The van der Waals surface area contributed by atoms with Crippen LogP contribution in [0.5, 0.6) is 0 Å². The molecule has 3 rings (SSSR count). The van der Waals surface area contributed by atoms with Crippen LogP contribution in [0.2, 0.25) is 0 Å². The number of hydrogen-bond donors (Lipinski definition) is 0. The molecular weight excluding hydrogens is 186 g/mol. The Morgan fingerprint density at radius 1 is 1.13 bits per heavy atom. The normalized spacial score (nSPS) is 18.4. The van der Waals surface area contributed by atoms with Crippen LogP contribution in [0, 0.1) is 0 Å². The van der Waals surface area contributed by atoms with Crippen molar-refractivity contribution in [3.8, 4) is 0 Å². The fourth-order valence-electron chi connectivity index (χ4n) is 2.53. The van der Waals surface area contributed by atoms with Crippen LogP contribution in [0.15, 0.2) is 24.4 Å². The Morgan fingerprint density at radius 3 is 2.87 bits per heavy atom. The van der Waals surface area contributed by atoms with E-state index in [0.29, 0.717) is 5.92 Å². The van der Waals surface area contributed by atoms with Gasteiger partial charge in [-0.3, -0.25) is 0 Å². The molecule has 0 N–H and O–H groups in total. The Labute approximate surface area is 89.1 Å². The Morgan fingerprint density at radius 2 is 2.00 bits per heavy atom. The molecule has 3 nitrogen and oxygen atoms in total. The molecule has 0 bridgehead atoms. The van der Waals surface area contributed by atoms with Crippen LogP contribution in [0.3, 0.4) is 0 Å². The van der Waals surface area contributed by atoms with E-state index in [9.17, 15) is 0 Å². The molecule has 1 aliphatic rings. The summed E-state index contributed by atoms with van der Waals surface area (Å²) >= 11 is 0. The molecule has 0 aromatic carbocycles. The molecule has 0 radical (unpaired) electrons. The van der Waals surface area contributed by atoms with Crippen molar-refractivity contribution in [3.63, 3.8) is 0 Å². The van der Waals surface area contributed by atoms with Crippen LogP contribution in [0.4, 0.5) is 0 Å². The van der Waals surface area contributed by atoms with Crippen LogP contribution in [-0.2, 0) is 0 Å². The topological polar surface area (TPSA) is 30.2 Å². The van der Waals surface area contributed by atoms with Gasteiger partial charge < -0.3 is 0 Å². The summed E-state index contributed by atoms with van der Waals surface area (Å²) in [6, 6.07) is 6.17. The van der Waals surface area contributed by atoms with Crippen molar-refractivity contribution in [1.82, 2.24) is 14.8 Å². The van der Waals surface area contributed by atoms with E-state index in [-0.39, 0.29) is 0 Å². The monoisotopic (exact) mass is 201 g/mol. The first-order valence-electron chi connectivity index (χ1n) is 5.75. The highest BCUT2D eigenvalue weighted by Crippen LogP contribution is 2.33. The average molecular weight is 201 g/mol. The maximum Gasteiger partial charge on any atom is 0.0936 e. The second-order valence-corrected chi connectivity index (χ2v) is 4.34. The lowest BCUT2D eigenvalue weighted by atomic mass is 9.86. The van der Waals surface area contributed by atoms with Gasteiger partial charge in [0.1, 0.15) is 0 Å². The number of nitrogens with zero attached hydrogens (tertiary/aromatic N) is 3. The molecular formula is C12H15N3. The van der Waals surface area contributed by atoms with Gasteiger partial charge in [-0.05, 0) is 25.0 Å². The minimum absolute atomic E-state index is 0.638.